The minimum Gasteiger partial charge on any atom is -0.462 e. The second kappa shape index (κ2) is 11.3. The second-order valence-electron chi connectivity index (χ2n) is 8.71. The Morgan fingerprint density at radius 3 is 2.61 bits per heavy atom. The number of hydrogen-bond acceptors (Lipinski definition) is 9. The van der Waals surface area contributed by atoms with Crippen LogP contribution in [-0.4, -0.2) is 57.3 Å². The molecule has 0 saturated carbocycles. The molecule has 0 spiro atoms. The molecule has 2 aromatic rings. The van der Waals surface area contributed by atoms with Gasteiger partial charge in [0.1, 0.15) is 28.1 Å². The molecule has 1 saturated heterocycles. The third-order valence-electron chi connectivity index (χ3n) is 5.23. The van der Waals surface area contributed by atoms with Crippen LogP contribution in [0.4, 0.5) is 4.39 Å². The maximum absolute atomic E-state index is 15.2. The van der Waals surface area contributed by atoms with Crippen LogP contribution >= 0.6 is 20.0 Å². The monoisotopic (exact) mass is 545 g/mol. The summed E-state index contributed by atoms with van der Waals surface area (Å²) in [5.74, 6) is -0.535. The van der Waals surface area contributed by atoms with Crippen molar-refractivity contribution < 1.29 is 37.4 Å². The van der Waals surface area contributed by atoms with E-state index in [1.54, 1.807) is 32.0 Å². The van der Waals surface area contributed by atoms with Crippen LogP contribution in [0.25, 0.3) is 0 Å². The molecule has 1 aromatic heterocycles. The van der Waals surface area contributed by atoms with Gasteiger partial charge in [0.15, 0.2) is 12.4 Å². The van der Waals surface area contributed by atoms with Crippen molar-refractivity contribution in [2.45, 2.75) is 63.9 Å². The number of nitrogens with zero attached hydrogens (tertiary/aromatic N) is 1. The highest BCUT2D eigenvalue weighted by Gasteiger charge is 2.55. The zero-order chi connectivity index (χ0) is 26.7. The third kappa shape index (κ3) is 6.67. The van der Waals surface area contributed by atoms with Crippen molar-refractivity contribution in [1.29, 1.82) is 0 Å². The Balaban J connectivity index is 1.80. The number of carbonyl (C=O) groups is 1. The molecule has 6 unspecified atom stereocenters. The van der Waals surface area contributed by atoms with E-state index in [9.17, 15) is 19.3 Å². The maximum Gasteiger partial charge on any atom is 0.459 e. The Hall–Kier alpha value is -2.41. The quantitative estimate of drug-likeness (QED) is 0.232. The first-order valence-electron chi connectivity index (χ1n) is 11.1. The number of aromatic amines is 1. The normalized spacial score (nSPS) is 26.4. The molecule has 0 aliphatic carbocycles. The molecule has 1 aliphatic heterocycles. The lowest BCUT2D eigenvalue weighted by Crippen LogP contribution is -2.44. The molecule has 0 amide bonds. The zero-order valence-corrected chi connectivity index (χ0v) is 21.8. The predicted molar refractivity (Wildman–Crippen MR) is 130 cm³/mol. The summed E-state index contributed by atoms with van der Waals surface area (Å²) in [4.78, 5) is 26.9. The van der Waals surface area contributed by atoms with Crippen LogP contribution in [0.5, 0.6) is 5.75 Å². The maximum atomic E-state index is 15.2. The van der Waals surface area contributed by atoms with Gasteiger partial charge in [0, 0.05) is 6.20 Å². The van der Waals surface area contributed by atoms with E-state index in [4.69, 9.17) is 30.7 Å². The first kappa shape index (κ1) is 28.2. The van der Waals surface area contributed by atoms with Crippen LogP contribution in [0, 0.1) is 4.64 Å². The van der Waals surface area contributed by atoms with Crippen molar-refractivity contribution in [1.82, 2.24) is 14.6 Å². The van der Waals surface area contributed by atoms with Crippen molar-refractivity contribution in [3.8, 4) is 5.75 Å². The van der Waals surface area contributed by atoms with Gasteiger partial charge in [0.25, 0.3) is 0 Å². The Bertz CT molecular complexity index is 1220. The van der Waals surface area contributed by atoms with Crippen molar-refractivity contribution in [2.75, 3.05) is 6.61 Å². The summed E-state index contributed by atoms with van der Waals surface area (Å²) >= 11 is 4.90. The van der Waals surface area contributed by atoms with Crippen LogP contribution in [0.2, 0.25) is 0 Å². The van der Waals surface area contributed by atoms with Gasteiger partial charge in [-0.05, 0) is 45.9 Å². The molecule has 0 radical (unpaired) electrons. The van der Waals surface area contributed by atoms with Crippen LogP contribution in [0.15, 0.2) is 47.4 Å². The van der Waals surface area contributed by atoms with Crippen LogP contribution < -0.4 is 15.3 Å². The number of alkyl halides is 1. The van der Waals surface area contributed by atoms with E-state index in [0.29, 0.717) is 0 Å². The molecule has 0 bridgehead atoms. The lowest BCUT2D eigenvalue weighted by Gasteiger charge is -2.26. The van der Waals surface area contributed by atoms with E-state index in [-0.39, 0.29) is 10.4 Å². The first-order chi connectivity index (χ1) is 16.8. The number of carbonyl (C=O) groups excluding carboxylic acids is 1. The summed E-state index contributed by atoms with van der Waals surface area (Å²) in [6, 6.07) is 8.31. The number of H-pyrrole nitrogens is 1. The number of hydrogen-bond donors (Lipinski definition) is 3. The number of aromatic nitrogens is 2. The fraction of sp³-hybridized carbons (Fsp3) is 0.500. The minimum atomic E-state index is -4.29. The Kier molecular flexibility index (Phi) is 8.86. The molecular formula is C22H29FN3O8PS. The van der Waals surface area contributed by atoms with Crippen molar-refractivity contribution in [3.63, 3.8) is 0 Å². The topological polar surface area (TPSA) is 141 Å². The second-order valence-corrected chi connectivity index (χ2v) is 10.8. The smallest absolute Gasteiger partial charge is 0.459 e. The highest BCUT2D eigenvalue weighted by atomic mass is 32.1. The van der Waals surface area contributed by atoms with Crippen LogP contribution in [-0.2, 0) is 23.4 Å². The average Bonchev–Trinajstić information content (AvgIpc) is 3.01. The van der Waals surface area contributed by atoms with E-state index >= 15 is 4.39 Å². The molecule has 1 aromatic carbocycles. The number of esters is 1. The molecular weight excluding hydrogens is 516 g/mol. The molecule has 198 valence electrons. The van der Waals surface area contributed by atoms with E-state index in [1.807, 2.05) is 0 Å². The molecule has 14 heteroatoms. The van der Waals surface area contributed by atoms with E-state index < -0.39 is 62.3 Å². The molecule has 1 fully saturated rings. The molecule has 3 N–H and O–H groups in total. The number of halogens is 1. The number of rotatable bonds is 10. The Labute approximate surface area is 212 Å². The minimum absolute atomic E-state index is 0.153. The molecule has 1 aliphatic rings. The predicted octanol–water partition coefficient (Wildman–Crippen LogP) is 3.03. The third-order valence-corrected chi connectivity index (χ3v) is 7.11. The zero-order valence-electron chi connectivity index (χ0n) is 20.1. The van der Waals surface area contributed by atoms with E-state index in [1.165, 1.54) is 38.2 Å². The largest absolute Gasteiger partial charge is 0.462 e. The van der Waals surface area contributed by atoms with Crippen molar-refractivity contribution >= 4 is 25.9 Å². The van der Waals surface area contributed by atoms with Crippen LogP contribution in [0.3, 0.4) is 0 Å². The Morgan fingerprint density at radius 1 is 1.33 bits per heavy atom. The van der Waals surface area contributed by atoms with Gasteiger partial charge in [-0.15, -0.1) is 0 Å². The van der Waals surface area contributed by atoms with Crippen LogP contribution in [0.1, 0.15) is 33.9 Å². The highest BCUT2D eigenvalue weighted by molar-refractivity contribution is 7.71. The van der Waals surface area contributed by atoms with Gasteiger partial charge in [-0.25, -0.2) is 13.8 Å². The number of ether oxygens (including phenoxy) is 2. The van der Waals surface area contributed by atoms with E-state index in [0.717, 1.165) is 4.57 Å². The number of benzene rings is 1. The highest BCUT2D eigenvalue weighted by Crippen LogP contribution is 2.47. The summed E-state index contributed by atoms with van der Waals surface area (Å²) in [5, 5.41) is 13.3. The Morgan fingerprint density at radius 2 is 2.00 bits per heavy atom. The lowest BCUT2D eigenvalue weighted by molar-refractivity contribution is -0.149. The molecule has 36 heavy (non-hydrogen) atoms. The van der Waals surface area contributed by atoms with Gasteiger partial charge in [-0.1, -0.05) is 30.4 Å². The summed E-state index contributed by atoms with van der Waals surface area (Å²) in [6.45, 7) is 5.25. The van der Waals surface area contributed by atoms with Gasteiger partial charge >= 0.3 is 19.4 Å². The van der Waals surface area contributed by atoms with Crippen molar-refractivity contribution in [2.24, 2.45) is 0 Å². The fourth-order valence-corrected chi connectivity index (χ4v) is 5.12. The molecule has 11 nitrogen and oxygen atoms in total. The fourth-order valence-electron chi connectivity index (χ4n) is 3.47. The number of nitrogens with one attached hydrogen (secondary N) is 2. The average molecular weight is 546 g/mol. The molecule has 3 rings (SSSR count). The number of aliphatic hydroxyl groups is 1. The molecule has 2 heterocycles. The molecule has 6 atom stereocenters. The van der Waals surface area contributed by atoms with E-state index in [2.05, 4.69) is 10.1 Å². The lowest BCUT2D eigenvalue weighted by atomic mass is 9.98. The summed E-state index contributed by atoms with van der Waals surface area (Å²) < 4.78 is 51.6. The first-order valence-corrected chi connectivity index (χ1v) is 13.1. The SMILES string of the molecule is CC(C)OC(=O)C(C)NP(=O)(OCC1OC(n2ccc(=S)[nH]c2=O)C(C)(O)C1F)Oc1ccccc1. The van der Waals surface area contributed by atoms with Crippen molar-refractivity contribution in [3.05, 3.63) is 57.7 Å². The standard InChI is InChI=1S/C22H29FN3O8PS/c1-13(2)32-19(27)14(3)25-35(30,34-15-8-6-5-7-9-15)31-12-16-18(23)22(4,29)20(33-16)26-11-10-17(36)24-21(26)28/h5-11,13-14,16,18,20,29H,12H2,1-4H3,(H,25,30)(H,24,28,36). The summed E-state index contributed by atoms with van der Waals surface area (Å²) in [6.07, 6.45) is -4.05. The van der Waals surface area contributed by atoms with Gasteiger partial charge < -0.3 is 19.1 Å². The van der Waals surface area contributed by atoms with Gasteiger partial charge in [0.05, 0.1) is 12.7 Å². The summed E-state index contributed by atoms with van der Waals surface area (Å²) in [5.41, 5.74) is -2.85. The van der Waals surface area contributed by atoms with Gasteiger partial charge in [-0.3, -0.25) is 18.9 Å². The van der Waals surface area contributed by atoms with Gasteiger partial charge in [0.2, 0.25) is 0 Å². The summed E-state index contributed by atoms with van der Waals surface area (Å²) in [7, 11) is -4.29. The number of para-hydroxylation sites is 1. The van der Waals surface area contributed by atoms with Gasteiger partial charge in [-0.2, -0.15) is 5.09 Å².